The lowest BCUT2D eigenvalue weighted by Crippen LogP contribution is -2.04. The maximum atomic E-state index is 11.9. The lowest BCUT2D eigenvalue weighted by atomic mass is 9.93. The Hall–Kier alpha value is -2.88. The first-order chi connectivity index (χ1) is 12.5. The third-order valence-corrected chi connectivity index (χ3v) is 5.28. The quantitative estimate of drug-likeness (QED) is 0.630. The minimum absolute atomic E-state index is 0.0486. The number of ketones is 1. The lowest BCUT2D eigenvalue weighted by molar-refractivity contribution is 0.101. The molecule has 0 fully saturated rings. The molecule has 0 bridgehead atoms. The Morgan fingerprint density at radius 2 is 2.12 bits per heavy atom. The van der Waals surface area contributed by atoms with Crippen LogP contribution in [0.5, 0.6) is 5.75 Å². The smallest absolute Gasteiger partial charge is 0.159 e. The highest BCUT2D eigenvalue weighted by Crippen LogP contribution is 2.47. The number of hydrogen-bond donors (Lipinski definition) is 0. The number of carbonyl (C=O) groups excluding carboxylic acids is 1. The van der Waals surface area contributed by atoms with Crippen molar-refractivity contribution in [3.63, 3.8) is 0 Å². The van der Waals surface area contributed by atoms with Crippen molar-refractivity contribution in [1.29, 1.82) is 0 Å². The van der Waals surface area contributed by atoms with Gasteiger partial charge in [0.2, 0.25) is 0 Å². The van der Waals surface area contributed by atoms with Gasteiger partial charge in [-0.2, -0.15) is 0 Å². The Bertz CT molecular complexity index is 1060. The number of benzene rings is 1. The SMILES string of the molecule is CCn1c(C2=Cc3cc(C(C)=O)cc(OC)c3C2C)cc2cccnc21. The first-order valence-electron chi connectivity index (χ1n) is 8.94. The van der Waals surface area contributed by atoms with Gasteiger partial charge in [0.1, 0.15) is 11.4 Å². The van der Waals surface area contributed by atoms with Crippen LogP contribution >= 0.6 is 0 Å². The van der Waals surface area contributed by atoms with Gasteiger partial charge in [-0.1, -0.05) is 6.92 Å². The molecular weight excluding hydrogens is 324 g/mol. The molecule has 26 heavy (non-hydrogen) atoms. The minimum Gasteiger partial charge on any atom is -0.496 e. The number of carbonyl (C=O) groups is 1. The van der Waals surface area contributed by atoms with Crippen LogP contribution in [0, 0.1) is 0 Å². The molecule has 0 aliphatic heterocycles. The lowest BCUT2D eigenvalue weighted by Gasteiger charge is -2.16. The molecule has 4 heteroatoms. The maximum absolute atomic E-state index is 11.9. The third-order valence-electron chi connectivity index (χ3n) is 5.28. The highest BCUT2D eigenvalue weighted by Gasteiger charge is 2.29. The molecule has 0 saturated heterocycles. The zero-order valence-corrected chi connectivity index (χ0v) is 15.5. The van der Waals surface area contributed by atoms with Gasteiger partial charge in [0.05, 0.1) is 7.11 Å². The number of rotatable bonds is 4. The van der Waals surface area contributed by atoms with Gasteiger partial charge in [0, 0.05) is 40.9 Å². The molecule has 1 atom stereocenters. The predicted octanol–water partition coefficient (Wildman–Crippen LogP) is 4.93. The molecule has 0 amide bonds. The van der Waals surface area contributed by atoms with E-state index in [9.17, 15) is 4.79 Å². The van der Waals surface area contributed by atoms with Crippen molar-refractivity contribution in [1.82, 2.24) is 9.55 Å². The average Bonchev–Trinajstić information content (AvgIpc) is 3.18. The summed E-state index contributed by atoms with van der Waals surface area (Å²) in [6.45, 7) is 6.77. The van der Waals surface area contributed by atoms with Crippen molar-refractivity contribution in [3.8, 4) is 5.75 Å². The standard InChI is InChI=1S/C22H22N2O2/c1-5-24-19(11-15-7-6-8-23-22(15)24)18-10-17-9-16(14(3)25)12-20(26-4)21(17)13(18)2/h6-13H,5H2,1-4H3. The number of Topliss-reactive ketones (excluding diaryl/α,β-unsaturated/α-hetero) is 1. The van der Waals surface area contributed by atoms with Gasteiger partial charge in [0.15, 0.2) is 5.78 Å². The molecule has 4 nitrogen and oxygen atoms in total. The van der Waals surface area contributed by atoms with E-state index in [1.165, 1.54) is 11.3 Å². The zero-order chi connectivity index (χ0) is 18.4. The molecule has 1 unspecified atom stereocenters. The van der Waals surface area contributed by atoms with Crippen molar-refractivity contribution >= 4 is 28.5 Å². The molecule has 0 spiro atoms. The number of allylic oxidation sites excluding steroid dienone is 1. The van der Waals surface area contributed by atoms with Crippen molar-refractivity contribution in [2.45, 2.75) is 33.2 Å². The molecule has 132 valence electrons. The van der Waals surface area contributed by atoms with Crippen LogP contribution in [0.4, 0.5) is 0 Å². The van der Waals surface area contributed by atoms with Gasteiger partial charge in [-0.05, 0) is 61.4 Å². The van der Waals surface area contributed by atoms with Crippen molar-refractivity contribution in [3.05, 3.63) is 58.9 Å². The molecule has 1 aliphatic carbocycles. The second kappa shape index (κ2) is 6.13. The summed E-state index contributed by atoms with van der Waals surface area (Å²) >= 11 is 0. The minimum atomic E-state index is 0.0486. The van der Waals surface area contributed by atoms with Gasteiger partial charge in [-0.25, -0.2) is 4.98 Å². The second-order valence-electron chi connectivity index (χ2n) is 6.75. The highest BCUT2D eigenvalue weighted by molar-refractivity contribution is 5.99. The monoisotopic (exact) mass is 346 g/mol. The van der Waals surface area contributed by atoms with E-state index in [-0.39, 0.29) is 11.7 Å². The van der Waals surface area contributed by atoms with Crippen LogP contribution < -0.4 is 4.74 Å². The van der Waals surface area contributed by atoms with E-state index in [2.05, 4.69) is 41.6 Å². The molecule has 0 N–H and O–H groups in total. The van der Waals surface area contributed by atoms with E-state index >= 15 is 0 Å². The fraction of sp³-hybridized carbons (Fsp3) is 0.273. The summed E-state index contributed by atoms with van der Waals surface area (Å²) in [6.07, 6.45) is 4.02. The van der Waals surface area contributed by atoms with Gasteiger partial charge < -0.3 is 9.30 Å². The van der Waals surface area contributed by atoms with Gasteiger partial charge in [-0.3, -0.25) is 4.79 Å². The summed E-state index contributed by atoms with van der Waals surface area (Å²) in [7, 11) is 1.66. The average molecular weight is 346 g/mol. The number of methoxy groups -OCH3 is 1. The first kappa shape index (κ1) is 16.6. The Morgan fingerprint density at radius 1 is 1.31 bits per heavy atom. The number of nitrogens with zero attached hydrogens (tertiary/aromatic N) is 2. The molecule has 2 heterocycles. The number of pyridine rings is 1. The molecule has 0 radical (unpaired) electrons. The van der Waals surface area contributed by atoms with Crippen LogP contribution in [0.1, 0.15) is 53.9 Å². The normalized spacial score (nSPS) is 15.8. The molecular formula is C22H22N2O2. The van der Waals surface area contributed by atoms with Crippen LogP contribution in [-0.4, -0.2) is 22.4 Å². The summed E-state index contributed by atoms with van der Waals surface area (Å²) in [4.78, 5) is 16.4. The van der Waals surface area contributed by atoms with E-state index in [0.717, 1.165) is 34.5 Å². The molecule has 1 aromatic carbocycles. The van der Waals surface area contributed by atoms with E-state index in [1.54, 1.807) is 14.0 Å². The Kier molecular flexibility index (Phi) is 3.91. The van der Waals surface area contributed by atoms with Crippen molar-refractivity contribution < 1.29 is 9.53 Å². The van der Waals surface area contributed by atoms with Crippen LogP contribution in [0.15, 0.2) is 36.5 Å². The number of fused-ring (bicyclic) bond motifs is 2. The number of aromatic nitrogens is 2. The van der Waals surface area contributed by atoms with Crippen molar-refractivity contribution in [2.24, 2.45) is 0 Å². The fourth-order valence-electron chi connectivity index (χ4n) is 3.99. The number of aryl methyl sites for hydroxylation is 1. The number of hydrogen-bond acceptors (Lipinski definition) is 3. The van der Waals surface area contributed by atoms with E-state index in [4.69, 9.17) is 4.74 Å². The van der Waals surface area contributed by atoms with E-state index in [0.29, 0.717) is 5.56 Å². The largest absolute Gasteiger partial charge is 0.496 e. The summed E-state index contributed by atoms with van der Waals surface area (Å²) in [5.41, 5.74) is 6.31. The summed E-state index contributed by atoms with van der Waals surface area (Å²) < 4.78 is 7.87. The molecule has 4 rings (SSSR count). The summed E-state index contributed by atoms with van der Waals surface area (Å²) in [5.74, 6) is 1.02. The van der Waals surface area contributed by atoms with Gasteiger partial charge >= 0.3 is 0 Å². The molecule has 3 aromatic rings. The Morgan fingerprint density at radius 3 is 2.81 bits per heavy atom. The van der Waals surface area contributed by atoms with Crippen LogP contribution in [-0.2, 0) is 6.54 Å². The predicted molar refractivity (Wildman–Crippen MR) is 105 cm³/mol. The fourth-order valence-corrected chi connectivity index (χ4v) is 3.99. The Balaban J connectivity index is 1.91. The topological polar surface area (TPSA) is 44.1 Å². The van der Waals surface area contributed by atoms with E-state index < -0.39 is 0 Å². The van der Waals surface area contributed by atoms with E-state index in [1.807, 2.05) is 24.4 Å². The highest BCUT2D eigenvalue weighted by atomic mass is 16.5. The second-order valence-corrected chi connectivity index (χ2v) is 6.75. The van der Waals surface area contributed by atoms with Crippen LogP contribution in [0.3, 0.4) is 0 Å². The van der Waals surface area contributed by atoms with Gasteiger partial charge in [-0.15, -0.1) is 0 Å². The Labute approximate surface area is 153 Å². The third kappa shape index (κ3) is 2.37. The molecule has 2 aromatic heterocycles. The summed E-state index contributed by atoms with van der Waals surface area (Å²) in [6, 6.07) is 10.1. The maximum Gasteiger partial charge on any atom is 0.159 e. The molecule has 1 aliphatic rings. The molecule has 0 saturated carbocycles. The number of ether oxygens (including phenoxy) is 1. The van der Waals surface area contributed by atoms with Crippen LogP contribution in [0.2, 0.25) is 0 Å². The zero-order valence-electron chi connectivity index (χ0n) is 15.5. The summed E-state index contributed by atoms with van der Waals surface area (Å²) in [5, 5.41) is 1.14. The van der Waals surface area contributed by atoms with Crippen molar-refractivity contribution in [2.75, 3.05) is 7.11 Å². The van der Waals surface area contributed by atoms with Gasteiger partial charge in [0.25, 0.3) is 0 Å². The first-order valence-corrected chi connectivity index (χ1v) is 8.94. The van der Waals surface area contributed by atoms with Crippen LogP contribution in [0.25, 0.3) is 22.7 Å².